The number of hydrogen-bond donors (Lipinski definition) is 0. The topological polar surface area (TPSA) is 66.7 Å². The molecule has 0 aliphatic carbocycles. The molecule has 0 aromatic heterocycles. The lowest BCUT2D eigenvalue weighted by Crippen LogP contribution is -2.30. The summed E-state index contributed by atoms with van der Waals surface area (Å²) < 4.78 is 0. The molecule has 0 bridgehead atoms. The zero-order valence-corrected chi connectivity index (χ0v) is 15.6. The molecule has 0 saturated carbocycles. The summed E-state index contributed by atoms with van der Waals surface area (Å²) in [5, 5.41) is 11.1. The Morgan fingerprint density at radius 2 is 1.70 bits per heavy atom. The fourth-order valence-electron chi connectivity index (χ4n) is 3.54. The predicted molar refractivity (Wildman–Crippen MR) is 106 cm³/mol. The first kappa shape index (κ1) is 18.9. The number of hydrogen-bond acceptors (Lipinski definition) is 4. The average Bonchev–Trinajstić information content (AvgIpc) is 3.21. The molecule has 1 saturated heterocycles. The van der Waals surface area contributed by atoms with Gasteiger partial charge in [0.05, 0.1) is 11.3 Å². The molecular formula is C21H25N3O3. The quantitative estimate of drug-likeness (QED) is 0.555. The minimum atomic E-state index is -0.436. The first-order valence-electron chi connectivity index (χ1n) is 9.35. The third-order valence-corrected chi connectivity index (χ3v) is 5.11. The molecule has 0 N–H and O–H groups in total. The van der Waals surface area contributed by atoms with Crippen molar-refractivity contribution in [2.75, 3.05) is 31.6 Å². The molecule has 3 rings (SSSR count). The highest BCUT2D eigenvalue weighted by Gasteiger charge is 2.19. The van der Waals surface area contributed by atoms with Gasteiger partial charge in [0.1, 0.15) is 0 Å². The first-order valence-corrected chi connectivity index (χ1v) is 9.35. The monoisotopic (exact) mass is 367 g/mol. The second-order valence-corrected chi connectivity index (χ2v) is 6.95. The summed E-state index contributed by atoms with van der Waals surface area (Å²) in [5.41, 5.74) is 2.95. The standard InChI is InChI=1S/C21H25N3O3/c1-22(21(25)16-18-9-3-5-11-20(18)24(26)27)15-12-17-8-2-4-10-19(17)23-13-6-7-14-23/h2-5,8-11H,6-7,12-16H2,1H3. The van der Waals surface area contributed by atoms with E-state index in [4.69, 9.17) is 0 Å². The van der Waals surface area contributed by atoms with Crippen LogP contribution in [0.4, 0.5) is 11.4 Å². The Labute approximate surface area is 159 Å². The predicted octanol–water partition coefficient (Wildman–Crippen LogP) is 3.44. The Hall–Kier alpha value is -2.89. The summed E-state index contributed by atoms with van der Waals surface area (Å²) in [6.07, 6.45) is 3.26. The summed E-state index contributed by atoms with van der Waals surface area (Å²) in [7, 11) is 1.76. The van der Waals surface area contributed by atoms with E-state index in [0.717, 1.165) is 19.5 Å². The van der Waals surface area contributed by atoms with Gasteiger partial charge in [0.15, 0.2) is 0 Å². The van der Waals surface area contributed by atoms with E-state index >= 15 is 0 Å². The Morgan fingerprint density at radius 3 is 2.41 bits per heavy atom. The van der Waals surface area contributed by atoms with Crippen LogP contribution in [0, 0.1) is 10.1 Å². The molecule has 27 heavy (non-hydrogen) atoms. The number of para-hydroxylation sites is 2. The van der Waals surface area contributed by atoms with Crippen LogP contribution in [0.1, 0.15) is 24.0 Å². The summed E-state index contributed by atoms with van der Waals surface area (Å²) in [4.78, 5) is 27.3. The SMILES string of the molecule is CN(CCc1ccccc1N1CCCC1)C(=O)Cc1ccccc1[N+](=O)[O-]. The number of nitro groups is 1. The summed E-state index contributed by atoms with van der Waals surface area (Å²) in [5.74, 6) is -0.108. The second kappa shape index (κ2) is 8.66. The molecule has 0 spiro atoms. The van der Waals surface area contributed by atoms with Gasteiger partial charge in [-0.2, -0.15) is 0 Å². The van der Waals surface area contributed by atoms with Gasteiger partial charge in [0.25, 0.3) is 5.69 Å². The number of benzene rings is 2. The van der Waals surface area contributed by atoms with Crippen molar-refractivity contribution in [1.82, 2.24) is 4.90 Å². The van der Waals surface area contributed by atoms with Gasteiger partial charge in [-0.05, 0) is 30.9 Å². The zero-order chi connectivity index (χ0) is 19.2. The van der Waals surface area contributed by atoms with Crippen LogP contribution in [-0.4, -0.2) is 42.4 Å². The molecule has 6 nitrogen and oxygen atoms in total. The van der Waals surface area contributed by atoms with Crippen molar-refractivity contribution in [3.63, 3.8) is 0 Å². The van der Waals surface area contributed by atoms with E-state index < -0.39 is 4.92 Å². The highest BCUT2D eigenvalue weighted by Crippen LogP contribution is 2.25. The minimum Gasteiger partial charge on any atom is -0.371 e. The van der Waals surface area contributed by atoms with E-state index in [0.29, 0.717) is 12.1 Å². The maximum absolute atomic E-state index is 12.5. The molecule has 2 aromatic rings. The fraction of sp³-hybridized carbons (Fsp3) is 0.381. The average molecular weight is 367 g/mol. The number of anilines is 1. The largest absolute Gasteiger partial charge is 0.371 e. The van der Waals surface area contributed by atoms with Gasteiger partial charge < -0.3 is 9.80 Å². The van der Waals surface area contributed by atoms with Gasteiger partial charge in [-0.25, -0.2) is 0 Å². The Morgan fingerprint density at radius 1 is 1.07 bits per heavy atom. The summed E-state index contributed by atoms with van der Waals surface area (Å²) in [6, 6.07) is 14.8. The van der Waals surface area contributed by atoms with E-state index in [1.165, 1.54) is 30.2 Å². The molecular weight excluding hydrogens is 342 g/mol. The van der Waals surface area contributed by atoms with Gasteiger partial charge in [-0.15, -0.1) is 0 Å². The van der Waals surface area contributed by atoms with Crippen LogP contribution in [0.2, 0.25) is 0 Å². The third kappa shape index (κ3) is 4.64. The van der Waals surface area contributed by atoms with Crippen LogP contribution in [0.3, 0.4) is 0 Å². The number of likely N-dealkylation sites (N-methyl/N-ethyl adjacent to an activating group) is 1. The van der Waals surface area contributed by atoms with E-state index in [2.05, 4.69) is 23.1 Å². The van der Waals surface area contributed by atoms with E-state index in [1.807, 2.05) is 6.07 Å². The van der Waals surface area contributed by atoms with Crippen LogP contribution >= 0.6 is 0 Å². The number of nitrogens with zero attached hydrogens (tertiary/aromatic N) is 3. The molecule has 1 fully saturated rings. The summed E-state index contributed by atoms with van der Waals surface area (Å²) >= 11 is 0. The smallest absolute Gasteiger partial charge is 0.273 e. The first-order chi connectivity index (χ1) is 13.1. The lowest BCUT2D eigenvalue weighted by Gasteiger charge is -2.23. The van der Waals surface area contributed by atoms with Gasteiger partial charge in [-0.3, -0.25) is 14.9 Å². The second-order valence-electron chi connectivity index (χ2n) is 6.95. The Kier molecular flexibility index (Phi) is 6.06. The maximum Gasteiger partial charge on any atom is 0.273 e. The minimum absolute atomic E-state index is 0.00127. The Balaban J connectivity index is 1.62. The van der Waals surface area contributed by atoms with Crippen LogP contribution in [0.25, 0.3) is 0 Å². The van der Waals surface area contributed by atoms with Gasteiger partial charge >= 0.3 is 0 Å². The van der Waals surface area contributed by atoms with Crippen molar-refractivity contribution in [1.29, 1.82) is 0 Å². The van der Waals surface area contributed by atoms with Gasteiger partial charge in [0.2, 0.25) is 5.91 Å². The van der Waals surface area contributed by atoms with E-state index in [-0.39, 0.29) is 18.0 Å². The summed E-state index contributed by atoms with van der Waals surface area (Å²) in [6.45, 7) is 2.76. The normalized spacial score (nSPS) is 13.6. The Bertz CT molecular complexity index is 816. The number of carbonyl (C=O) groups excluding carboxylic acids is 1. The third-order valence-electron chi connectivity index (χ3n) is 5.11. The van der Waals surface area contributed by atoms with Crippen LogP contribution in [0.5, 0.6) is 0 Å². The highest BCUT2D eigenvalue weighted by molar-refractivity contribution is 5.79. The lowest BCUT2D eigenvalue weighted by molar-refractivity contribution is -0.385. The number of nitro benzene ring substituents is 1. The highest BCUT2D eigenvalue weighted by atomic mass is 16.6. The van der Waals surface area contributed by atoms with Crippen molar-refractivity contribution in [2.24, 2.45) is 0 Å². The van der Waals surface area contributed by atoms with Crippen molar-refractivity contribution in [3.05, 3.63) is 69.8 Å². The fourth-order valence-corrected chi connectivity index (χ4v) is 3.54. The molecule has 1 heterocycles. The number of amides is 1. The van der Waals surface area contributed by atoms with Gasteiger partial charge in [0, 0.05) is 44.0 Å². The molecule has 2 aromatic carbocycles. The van der Waals surface area contributed by atoms with Crippen LogP contribution in [-0.2, 0) is 17.6 Å². The van der Waals surface area contributed by atoms with E-state index in [9.17, 15) is 14.9 Å². The molecule has 6 heteroatoms. The molecule has 1 aliphatic rings. The van der Waals surface area contributed by atoms with Crippen molar-refractivity contribution in [2.45, 2.75) is 25.7 Å². The molecule has 0 unspecified atom stereocenters. The van der Waals surface area contributed by atoms with Crippen molar-refractivity contribution < 1.29 is 9.72 Å². The lowest BCUT2D eigenvalue weighted by atomic mass is 10.1. The van der Waals surface area contributed by atoms with E-state index in [1.54, 1.807) is 30.1 Å². The molecule has 0 atom stereocenters. The number of rotatable bonds is 7. The number of carbonyl (C=O) groups is 1. The zero-order valence-electron chi connectivity index (χ0n) is 15.6. The maximum atomic E-state index is 12.5. The molecule has 1 amide bonds. The van der Waals surface area contributed by atoms with Crippen molar-refractivity contribution >= 4 is 17.3 Å². The van der Waals surface area contributed by atoms with Gasteiger partial charge in [-0.1, -0.05) is 36.4 Å². The van der Waals surface area contributed by atoms with Crippen LogP contribution in [0.15, 0.2) is 48.5 Å². The van der Waals surface area contributed by atoms with Crippen molar-refractivity contribution in [3.8, 4) is 0 Å². The molecule has 142 valence electrons. The molecule has 0 radical (unpaired) electrons. The molecule has 1 aliphatic heterocycles. The van der Waals surface area contributed by atoms with Crippen LogP contribution < -0.4 is 4.90 Å².